The summed E-state index contributed by atoms with van der Waals surface area (Å²) in [6, 6.07) is 11.0. The van der Waals surface area contributed by atoms with E-state index in [1.807, 2.05) is 0 Å². The fourth-order valence-electron chi connectivity index (χ4n) is 1.94. The molecule has 0 aliphatic heterocycles. The number of rotatable bonds is 5. The first kappa shape index (κ1) is 19.0. The summed E-state index contributed by atoms with van der Waals surface area (Å²) in [5, 5.41) is 2.87. The maximum atomic E-state index is 12.1. The molecule has 0 aliphatic carbocycles. The van der Waals surface area contributed by atoms with Gasteiger partial charge in [-0.15, -0.1) is 0 Å². The van der Waals surface area contributed by atoms with Crippen LogP contribution in [0.15, 0.2) is 46.9 Å². The number of ether oxygens (including phenoxy) is 2. The van der Waals surface area contributed by atoms with Crippen LogP contribution in [0.5, 0.6) is 0 Å². The Morgan fingerprint density at radius 2 is 1.72 bits per heavy atom. The molecular formula is C17H13BrClNO5. The van der Waals surface area contributed by atoms with Crippen molar-refractivity contribution in [3.63, 3.8) is 0 Å². The SMILES string of the molecule is COC(=O)c1ccccc1C(=O)OCC(=O)Nc1ccc(Br)cc1Cl. The molecule has 2 rings (SSSR count). The van der Waals surface area contributed by atoms with Crippen LogP contribution < -0.4 is 5.32 Å². The van der Waals surface area contributed by atoms with Crippen LogP contribution in [0.1, 0.15) is 20.7 Å². The van der Waals surface area contributed by atoms with E-state index in [4.69, 9.17) is 16.3 Å². The summed E-state index contributed by atoms with van der Waals surface area (Å²) >= 11 is 9.26. The van der Waals surface area contributed by atoms with Crippen molar-refractivity contribution in [1.82, 2.24) is 0 Å². The quantitative estimate of drug-likeness (QED) is 0.738. The molecule has 1 N–H and O–H groups in total. The molecule has 6 nitrogen and oxygen atoms in total. The molecule has 1 amide bonds. The molecule has 0 spiro atoms. The van der Waals surface area contributed by atoms with Gasteiger partial charge >= 0.3 is 11.9 Å². The molecule has 130 valence electrons. The van der Waals surface area contributed by atoms with Gasteiger partial charge in [0.05, 0.1) is 28.9 Å². The van der Waals surface area contributed by atoms with E-state index in [9.17, 15) is 14.4 Å². The third-order valence-corrected chi connectivity index (χ3v) is 3.90. The minimum atomic E-state index is -0.807. The number of carbonyl (C=O) groups excluding carboxylic acids is 3. The minimum absolute atomic E-state index is 0.0174. The number of anilines is 1. The van der Waals surface area contributed by atoms with E-state index in [-0.39, 0.29) is 11.1 Å². The van der Waals surface area contributed by atoms with E-state index in [1.165, 1.54) is 19.2 Å². The van der Waals surface area contributed by atoms with E-state index in [1.54, 1.807) is 30.3 Å². The number of hydrogen-bond donors (Lipinski definition) is 1. The summed E-state index contributed by atoms with van der Waals surface area (Å²) in [5.74, 6) is -2.04. The van der Waals surface area contributed by atoms with Gasteiger partial charge in [-0.2, -0.15) is 0 Å². The molecule has 0 aromatic heterocycles. The lowest BCUT2D eigenvalue weighted by Gasteiger charge is -2.10. The number of carbonyl (C=O) groups is 3. The molecule has 0 aliphatic rings. The Balaban J connectivity index is 2.00. The smallest absolute Gasteiger partial charge is 0.339 e. The molecule has 0 heterocycles. The average molecular weight is 427 g/mol. The topological polar surface area (TPSA) is 81.7 Å². The number of halogens is 2. The zero-order valence-electron chi connectivity index (χ0n) is 13.0. The Morgan fingerprint density at radius 1 is 1.08 bits per heavy atom. The highest BCUT2D eigenvalue weighted by molar-refractivity contribution is 9.10. The van der Waals surface area contributed by atoms with Gasteiger partial charge in [0.15, 0.2) is 6.61 Å². The molecular weight excluding hydrogens is 414 g/mol. The molecule has 0 bridgehead atoms. The lowest BCUT2D eigenvalue weighted by atomic mass is 10.1. The molecule has 0 radical (unpaired) electrons. The largest absolute Gasteiger partial charge is 0.465 e. The normalized spacial score (nSPS) is 10.0. The lowest BCUT2D eigenvalue weighted by Crippen LogP contribution is -2.22. The Kier molecular flexibility index (Phi) is 6.55. The van der Waals surface area contributed by atoms with Crippen molar-refractivity contribution < 1.29 is 23.9 Å². The van der Waals surface area contributed by atoms with Gasteiger partial charge in [-0.25, -0.2) is 9.59 Å². The van der Waals surface area contributed by atoms with Crippen molar-refractivity contribution in [1.29, 1.82) is 0 Å². The van der Waals surface area contributed by atoms with E-state index >= 15 is 0 Å². The van der Waals surface area contributed by atoms with Crippen LogP contribution in [0.3, 0.4) is 0 Å². The van der Waals surface area contributed by atoms with Crippen molar-refractivity contribution >= 4 is 51.1 Å². The third kappa shape index (κ3) is 5.04. The van der Waals surface area contributed by atoms with E-state index in [0.29, 0.717) is 10.7 Å². The first-order chi connectivity index (χ1) is 11.9. The molecule has 0 saturated carbocycles. The van der Waals surface area contributed by atoms with Crippen LogP contribution >= 0.6 is 27.5 Å². The summed E-state index contributed by atoms with van der Waals surface area (Å²) in [5.41, 5.74) is 0.469. The van der Waals surface area contributed by atoms with Crippen LogP contribution in [0, 0.1) is 0 Å². The maximum absolute atomic E-state index is 12.1. The third-order valence-electron chi connectivity index (χ3n) is 3.09. The predicted molar refractivity (Wildman–Crippen MR) is 95.8 cm³/mol. The monoisotopic (exact) mass is 425 g/mol. The Bertz CT molecular complexity index is 824. The number of nitrogens with one attached hydrogen (secondary N) is 1. The Morgan fingerprint density at radius 3 is 2.32 bits per heavy atom. The van der Waals surface area contributed by atoms with Crippen LogP contribution in [0.4, 0.5) is 5.69 Å². The van der Waals surface area contributed by atoms with Gasteiger partial charge in [-0.3, -0.25) is 4.79 Å². The fourth-order valence-corrected chi connectivity index (χ4v) is 2.66. The van der Waals surface area contributed by atoms with Crippen molar-refractivity contribution in [2.24, 2.45) is 0 Å². The molecule has 2 aromatic rings. The van der Waals surface area contributed by atoms with Crippen LogP contribution in [0.25, 0.3) is 0 Å². The molecule has 0 unspecified atom stereocenters. The molecule has 8 heteroatoms. The predicted octanol–water partition coefficient (Wildman–Crippen LogP) is 3.68. The molecule has 0 fully saturated rings. The summed E-state index contributed by atoms with van der Waals surface area (Å²) in [6.45, 7) is -0.527. The van der Waals surface area contributed by atoms with Gasteiger partial charge in [0.1, 0.15) is 0 Å². The summed E-state index contributed by atoms with van der Waals surface area (Å²) < 4.78 is 10.3. The van der Waals surface area contributed by atoms with Gasteiger partial charge in [0, 0.05) is 4.47 Å². The van der Waals surface area contributed by atoms with Gasteiger partial charge in [-0.1, -0.05) is 39.7 Å². The number of amides is 1. The van der Waals surface area contributed by atoms with Crippen molar-refractivity contribution in [2.75, 3.05) is 19.0 Å². The standard InChI is InChI=1S/C17H13BrClNO5/c1-24-16(22)11-4-2-3-5-12(11)17(23)25-9-15(21)20-14-7-6-10(18)8-13(14)19/h2-8H,9H2,1H3,(H,20,21). The van der Waals surface area contributed by atoms with Crippen molar-refractivity contribution in [3.8, 4) is 0 Å². The highest BCUT2D eigenvalue weighted by Gasteiger charge is 2.19. The summed E-state index contributed by atoms with van der Waals surface area (Å²) in [6.07, 6.45) is 0. The van der Waals surface area contributed by atoms with Crippen molar-refractivity contribution in [2.45, 2.75) is 0 Å². The number of hydrogen-bond acceptors (Lipinski definition) is 5. The second kappa shape index (κ2) is 8.64. The lowest BCUT2D eigenvalue weighted by molar-refractivity contribution is -0.119. The van der Waals surface area contributed by atoms with Gasteiger partial charge in [0.25, 0.3) is 5.91 Å². The minimum Gasteiger partial charge on any atom is -0.465 e. The van der Waals surface area contributed by atoms with E-state index < -0.39 is 24.5 Å². The first-order valence-corrected chi connectivity index (χ1v) is 8.19. The molecule has 0 atom stereocenters. The van der Waals surface area contributed by atoms with E-state index in [0.717, 1.165) is 4.47 Å². The molecule has 25 heavy (non-hydrogen) atoms. The second-order valence-corrected chi connectivity index (χ2v) is 6.11. The molecule has 2 aromatic carbocycles. The van der Waals surface area contributed by atoms with Crippen LogP contribution in [0.2, 0.25) is 5.02 Å². The zero-order chi connectivity index (χ0) is 18.4. The van der Waals surface area contributed by atoms with Gasteiger partial charge in [0.2, 0.25) is 0 Å². The first-order valence-electron chi connectivity index (χ1n) is 7.01. The number of esters is 2. The van der Waals surface area contributed by atoms with Crippen molar-refractivity contribution in [3.05, 3.63) is 63.1 Å². The second-order valence-electron chi connectivity index (χ2n) is 4.79. The molecule has 0 saturated heterocycles. The Hall–Kier alpha value is -2.38. The Labute approximate surface area is 157 Å². The fraction of sp³-hybridized carbons (Fsp3) is 0.118. The van der Waals surface area contributed by atoms with Crippen LogP contribution in [-0.2, 0) is 14.3 Å². The number of benzene rings is 2. The summed E-state index contributed by atoms with van der Waals surface area (Å²) in [7, 11) is 1.21. The van der Waals surface area contributed by atoms with Gasteiger partial charge < -0.3 is 14.8 Å². The highest BCUT2D eigenvalue weighted by Crippen LogP contribution is 2.25. The average Bonchev–Trinajstić information content (AvgIpc) is 2.61. The van der Waals surface area contributed by atoms with Gasteiger partial charge in [-0.05, 0) is 30.3 Å². The zero-order valence-corrected chi connectivity index (χ0v) is 15.4. The highest BCUT2D eigenvalue weighted by atomic mass is 79.9. The summed E-state index contributed by atoms with van der Waals surface area (Å²) in [4.78, 5) is 35.7. The maximum Gasteiger partial charge on any atom is 0.339 e. The van der Waals surface area contributed by atoms with Crippen LogP contribution in [-0.4, -0.2) is 31.6 Å². The van der Waals surface area contributed by atoms with E-state index in [2.05, 4.69) is 26.0 Å². The number of methoxy groups -OCH3 is 1.